The number of hydrogen-bond acceptors (Lipinski definition) is 3. The highest BCUT2D eigenvalue weighted by Crippen LogP contribution is 2.03. The summed E-state index contributed by atoms with van der Waals surface area (Å²) in [5.41, 5.74) is 1.02. The maximum Gasteiger partial charge on any atom is 0.323 e. The molecule has 1 aromatic rings. The van der Waals surface area contributed by atoms with Gasteiger partial charge in [0.1, 0.15) is 12.6 Å². The van der Waals surface area contributed by atoms with E-state index in [1.54, 1.807) is 6.92 Å². The van der Waals surface area contributed by atoms with Crippen LogP contribution in [0.1, 0.15) is 19.4 Å². The maximum atomic E-state index is 12.2. The van der Waals surface area contributed by atoms with Gasteiger partial charge in [-0.1, -0.05) is 30.3 Å². The predicted molar refractivity (Wildman–Crippen MR) is 77.6 cm³/mol. The van der Waals surface area contributed by atoms with Gasteiger partial charge < -0.3 is 15.3 Å². The van der Waals surface area contributed by atoms with E-state index in [1.165, 1.54) is 11.8 Å². The minimum absolute atomic E-state index is 0.291. The molecule has 114 valence electrons. The molecule has 0 spiro atoms. The van der Waals surface area contributed by atoms with E-state index in [9.17, 15) is 14.4 Å². The molecule has 2 amide bonds. The highest BCUT2D eigenvalue weighted by Gasteiger charge is 2.22. The van der Waals surface area contributed by atoms with Crippen molar-refractivity contribution in [3.8, 4) is 0 Å². The van der Waals surface area contributed by atoms with Gasteiger partial charge in [-0.2, -0.15) is 0 Å². The van der Waals surface area contributed by atoms with Crippen LogP contribution >= 0.6 is 0 Å². The van der Waals surface area contributed by atoms with Gasteiger partial charge in [0.15, 0.2) is 0 Å². The van der Waals surface area contributed by atoms with Crippen molar-refractivity contribution >= 4 is 17.8 Å². The minimum Gasteiger partial charge on any atom is -0.480 e. The first-order valence-corrected chi connectivity index (χ1v) is 6.71. The number of amides is 2. The number of carbonyl (C=O) groups is 3. The van der Waals surface area contributed by atoms with Gasteiger partial charge in [-0.25, -0.2) is 0 Å². The number of benzene rings is 1. The molecule has 0 aliphatic rings. The van der Waals surface area contributed by atoms with Gasteiger partial charge in [-0.3, -0.25) is 14.4 Å². The van der Waals surface area contributed by atoms with Crippen molar-refractivity contribution in [1.29, 1.82) is 0 Å². The average Bonchev–Trinajstić information content (AvgIpc) is 2.42. The molecule has 21 heavy (non-hydrogen) atoms. The molecule has 0 saturated heterocycles. The van der Waals surface area contributed by atoms with Gasteiger partial charge in [0.2, 0.25) is 11.8 Å². The molecule has 2 N–H and O–H groups in total. The lowest BCUT2D eigenvalue weighted by molar-refractivity contribution is -0.145. The second kappa shape index (κ2) is 8.04. The molecule has 0 radical (unpaired) electrons. The van der Waals surface area contributed by atoms with E-state index in [0.29, 0.717) is 13.0 Å². The lowest BCUT2D eigenvalue weighted by Gasteiger charge is -2.24. The number of nitrogens with zero attached hydrogens (tertiary/aromatic N) is 1. The number of carbonyl (C=O) groups excluding carboxylic acids is 2. The molecule has 0 fully saturated rings. The van der Waals surface area contributed by atoms with Gasteiger partial charge in [0.25, 0.3) is 0 Å². The zero-order chi connectivity index (χ0) is 15.8. The zero-order valence-corrected chi connectivity index (χ0v) is 12.2. The Morgan fingerprint density at radius 3 is 2.38 bits per heavy atom. The molecular weight excluding hydrogens is 272 g/mol. The quantitative estimate of drug-likeness (QED) is 0.773. The number of hydrogen-bond donors (Lipinski definition) is 2. The summed E-state index contributed by atoms with van der Waals surface area (Å²) in [4.78, 5) is 35.3. The molecule has 1 atom stereocenters. The van der Waals surface area contributed by atoms with Gasteiger partial charge in [0.05, 0.1) is 0 Å². The highest BCUT2D eigenvalue weighted by molar-refractivity contribution is 5.88. The van der Waals surface area contributed by atoms with Gasteiger partial charge >= 0.3 is 5.97 Å². The third-order valence-corrected chi connectivity index (χ3v) is 2.94. The smallest absolute Gasteiger partial charge is 0.323 e. The second-order valence-corrected chi connectivity index (χ2v) is 4.81. The maximum absolute atomic E-state index is 12.2. The number of rotatable bonds is 7. The summed E-state index contributed by atoms with van der Waals surface area (Å²) in [6, 6.07) is 8.76. The van der Waals surface area contributed by atoms with Crippen LogP contribution in [0.25, 0.3) is 0 Å². The Labute approximate surface area is 123 Å². The number of nitrogens with one attached hydrogen (secondary N) is 1. The Kier molecular flexibility index (Phi) is 6.39. The van der Waals surface area contributed by atoms with Crippen LogP contribution in [0, 0.1) is 0 Å². The molecule has 0 aliphatic carbocycles. The second-order valence-electron chi connectivity index (χ2n) is 4.81. The summed E-state index contributed by atoms with van der Waals surface area (Å²) in [6.45, 7) is 2.77. The van der Waals surface area contributed by atoms with Crippen LogP contribution in [-0.2, 0) is 20.8 Å². The van der Waals surface area contributed by atoms with E-state index in [-0.39, 0.29) is 12.5 Å². The number of aliphatic carboxylic acids is 1. The average molecular weight is 292 g/mol. The number of carboxylic acids is 1. The Morgan fingerprint density at radius 2 is 1.86 bits per heavy atom. The summed E-state index contributed by atoms with van der Waals surface area (Å²) in [5.74, 6) is -1.80. The molecule has 1 rings (SSSR count). The monoisotopic (exact) mass is 292 g/mol. The molecule has 0 bridgehead atoms. The van der Waals surface area contributed by atoms with E-state index in [2.05, 4.69) is 5.32 Å². The molecular formula is C15H20N2O4. The first-order chi connectivity index (χ1) is 9.90. The van der Waals surface area contributed by atoms with Crippen molar-refractivity contribution in [2.75, 3.05) is 13.1 Å². The molecule has 0 aromatic heterocycles. The molecule has 0 aliphatic heterocycles. The fourth-order valence-corrected chi connectivity index (χ4v) is 1.98. The summed E-state index contributed by atoms with van der Waals surface area (Å²) in [7, 11) is 0. The van der Waals surface area contributed by atoms with Gasteiger partial charge in [0, 0.05) is 13.5 Å². The zero-order valence-electron chi connectivity index (χ0n) is 12.2. The van der Waals surface area contributed by atoms with Crippen LogP contribution in [0.3, 0.4) is 0 Å². The van der Waals surface area contributed by atoms with E-state index in [4.69, 9.17) is 5.11 Å². The van der Waals surface area contributed by atoms with E-state index < -0.39 is 17.9 Å². The largest absolute Gasteiger partial charge is 0.480 e. The normalized spacial score (nSPS) is 11.5. The molecule has 6 nitrogen and oxygen atoms in total. The summed E-state index contributed by atoms with van der Waals surface area (Å²) in [6.07, 6.45) is 0.562. The van der Waals surface area contributed by atoms with Gasteiger partial charge in [-0.05, 0) is 18.9 Å². The summed E-state index contributed by atoms with van der Waals surface area (Å²) in [5, 5.41) is 11.4. The third kappa shape index (κ3) is 6.07. The Bertz CT molecular complexity index is 502. The van der Waals surface area contributed by atoms with Crippen LogP contribution in [0.2, 0.25) is 0 Å². The van der Waals surface area contributed by atoms with Crippen molar-refractivity contribution in [2.24, 2.45) is 0 Å². The fraction of sp³-hybridized carbons (Fsp3) is 0.400. The van der Waals surface area contributed by atoms with E-state index in [0.717, 1.165) is 5.56 Å². The van der Waals surface area contributed by atoms with Crippen molar-refractivity contribution in [1.82, 2.24) is 10.2 Å². The van der Waals surface area contributed by atoms with Crippen LogP contribution < -0.4 is 5.32 Å². The van der Waals surface area contributed by atoms with Gasteiger partial charge in [-0.15, -0.1) is 0 Å². The first-order valence-electron chi connectivity index (χ1n) is 6.71. The predicted octanol–water partition coefficient (Wildman–Crippen LogP) is 0.667. The first kappa shape index (κ1) is 16.7. The molecule has 0 saturated carbocycles. The summed E-state index contributed by atoms with van der Waals surface area (Å²) >= 11 is 0. The summed E-state index contributed by atoms with van der Waals surface area (Å²) < 4.78 is 0. The van der Waals surface area contributed by atoms with Crippen molar-refractivity contribution in [3.63, 3.8) is 0 Å². The number of carboxylic acid groups (broad SMARTS) is 1. The lowest BCUT2D eigenvalue weighted by atomic mass is 10.1. The van der Waals surface area contributed by atoms with Crippen molar-refractivity contribution in [3.05, 3.63) is 35.9 Å². The molecule has 1 aromatic carbocycles. The van der Waals surface area contributed by atoms with Crippen LogP contribution in [0.4, 0.5) is 0 Å². The van der Waals surface area contributed by atoms with Crippen LogP contribution in [0.15, 0.2) is 30.3 Å². The molecule has 0 heterocycles. The van der Waals surface area contributed by atoms with Crippen molar-refractivity contribution < 1.29 is 19.5 Å². The van der Waals surface area contributed by atoms with Crippen molar-refractivity contribution in [2.45, 2.75) is 26.3 Å². The van der Waals surface area contributed by atoms with E-state index >= 15 is 0 Å². The molecule has 1 unspecified atom stereocenters. The third-order valence-electron chi connectivity index (χ3n) is 2.94. The minimum atomic E-state index is -1.08. The lowest BCUT2D eigenvalue weighted by Crippen LogP contribution is -2.48. The standard InChI is InChI=1S/C15H20N2O4/c1-11(16-12(2)18)15(21)17(10-14(19)20)9-8-13-6-4-3-5-7-13/h3-7,11H,8-10H2,1-2H3,(H,16,18)(H,19,20). The Morgan fingerprint density at radius 1 is 1.24 bits per heavy atom. The topological polar surface area (TPSA) is 86.7 Å². The van der Waals surface area contributed by atoms with Crippen LogP contribution in [0.5, 0.6) is 0 Å². The molecule has 6 heteroatoms. The van der Waals surface area contributed by atoms with E-state index in [1.807, 2.05) is 30.3 Å². The SMILES string of the molecule is CC(=O)NC(C)C(=O)N(CCc1ccccc1)CC(=O)O. The Balaban J connectivity index is 2.68. The Hall–Kier alpha value is -2.37. The fourth-order valence-electron chi connectivity index (χ4n) is 1.98. The van der Waals surface area contributed by atoms with Crippen LogP contribution in [-0.4, -0.2) is 46.9 Å². The highest BCUT2D eigenvalue weighted by atomic mass is 16.4.